The minimum atomic E-state index is 0.134. The van der Waals surface area contributed by atoms with E-state index in [2.05, 4.69) is 63.2 Å². The van der Waals surface area contributed by atoms with Crippen molar-refractivity contribution in [3.05, 3.63) is 29.6 Å². The number of aromatic nitrogens is 1. The van der Waals surface area contributed by atoms with Crippen LogP contribution in [0.5, 0.6) is 0 Å². The van der Waals surface area contributed by atoms with Gasteiger partial charge in [-0.3, -0.25) is 9.88 Å². The van der Waals surface area contributed by atoms with E-state index in [0.717, 1.165) is 24.7 Å². The molecule has 1 unspecified atom stereocenters. The second kappa shape index (κ2) is 6.23. The van der Waals surface area contributed by atoms with E-state index in [1.807, 2.05) is 0 Å². The SMILES string of the molecule is CC(C1CC1)N(C)Cc1cccc(CNC(C)(C)C)n1. The zero-order valence-electron chi connectivity index (χ0n) is 13.6. The Morgan fingerprint density at radius 1 is 1.30 bits per heavy atom. The molecule has 1 aliphatic rings. The lowest BCUT2D eigenvalue weighted by Gasteiger charge is -2.24. The fourth-order valence-corrected chi connectivity index (χ4v) is 2.41. The number of hydrogen-bond acceptors (Lipinski definition) is 3. The zero-order chi connectivity index (χ0) is 14.8. The lowest BCUT2D eigenvalue weighted by atomic mass is 10.1. The van der Waals surface area contributed by atoms with Gasteiger partial charge in [0.25, 0.3) is 0 Å². The third-order valence-corrected chi connectivity index (χ3v) is 4.08. The molecular weight excluding hydrogens is 246 g/mol. The van der Waals surface area contributed by atoms with Gasteiger partial charge in [-0.15, -0.1) is 0 Å². The lowest BCUT2D eigenvalue weighted by molar-refractivity contribution is 0.224. The summed E-state index contributed by atoms with van der Waals surface area (Å²) in [6, 6.07) is 7.04. The summed E-state index contributed by atoms with van der Waals surface area (Å²) in [5, 5.41) is 3.49. The summed E-state index contributed by atoms with van der Waals surface area (Å²) in [5.74, 6) is 0.908. The van der Waals surface area contributed by atoms with Gasteiger partial charge < -0.3 is 5.32 Å². The predicted molar refractivity (Wildman–Crippen MR) is 84.5 cm³/mol. The lowest BCUT2D eigenvalue weighted by Crippen LogP contribution is -2.35. The van der Waals surface area contributed by atoms with Crippen LogP contribution >= 0.6 is 0 Å². The predicted octanol–water partition coefficient (Wildman–Crippen LogP) is 3.20. The molecule has 1 atom stereocenters. The largest absolute Gasteiger partial charge is 0.306 e. The molecule has 112 valence electrons. The molecule has 0 radical (unpaired) electrons. The van der Waals surface area contributed by atoms with Crippen molar-refractivity contribution in [3.63, 3.8) is 0 Å². The van der Waals surface area contributed by atoms with E-state index in [9.17, 15) is 0 Å². The van der Waals surface area contributed by atoms with Crippen molar-refractivity contribution in [1.29, 1.82) is 0 Å². The standard InChI is InChI=1S/C17H29N3/c1-13(14-9-10-14)20(5)12-16-8-6-7-15(19-16)11-18-17(2,3)4/h6-8,13-14,18H,9-12H2,1-5H3. The van der Waals surface area contributed by atoms with Gasteiger partial charge in [0.05, 0.1) is 11.4 Å². The summed E-state index contributed by atoms with van der Waals surface area (Å²) in [6.45, 7) is 10.7. The van der Waals surface area contributed by atoms with Crippen molar-refractivity contribution < 1.29 is 0 Å². The first-order valence-electron chi connectivity index (χ1n) is 7.75. The number of nitrogens with one attached hydrogen (secondary N) is 1. The van der Waals surface area contributed by atoms with Crippen molar-refractivity contribution in [3.8, 4) is 0 Å². The molecule has 1 fully saturated rings. The van der Waals surface area contributed by atoms with Crippen LogP contribution in [0.2, 0.25) is 0 Å². The second-order valence-corrected chi connectivity index (χ2v) is 7.22. The Morgan fingerprint density at radius 3 is 2.55 bits per heavy atom. The van der Waals surface area contributed by atoms with E-state index >= 15 is 0 Å². The van der Waals surface area contributed by atoms with Crippen LogP contribution in [0.4, 0.5) is 0 Å². The molecule has 2 rings (SSSR count). The molecule has 1 aromatic rings. The second-order valence-electron chi connectivity index (χ2n) is 7.22. The average Bonchev–Trinajstić information content (AvgIpc) is 3.19. The van der Waals surface area contributed by atoms with Crippen LogP contribution in [-0.4, -0.2) is 28.5 Å². The molecule has 3 nitrogen and oxygen atoms in total. The van der Waals surface area contributed by atoms with Gasteiger partial charge in [0.1, 0.15) is 0 Å². The van der Waals surface area contributed by atoms with Crippen molar-refractivity contribution >= 4 is 0 Å². The first kappa shape index (κ1) is 15.5. The third-order valence-electron chi connectivity index (χ3n) is 4.08. The van der Waals surface area contributed by atoms with Crippen LogP contribution in [0, 0.1) is 5.92 Å². The van der Waals surface area contributed by atoms with Crippen LogP contribution in [-0.2, 0) is 13.1 Å². The highest BCUT2D eigenvalue weighted by Gasteiger charge is 2.30. The Morgan fingerprint density at radius 2 is 1.95 bits per heavy atom. The normalized spacial score (nSPS) is 17.5. The van der Waals surface area contributed by atoms with Gasteiger partial charge >= 0.3 is 0 Å². The molecular formula is C17H29N3. The molecule has 0 saturated heterocycles. The average molecular weight is 275 g/mol. The molecule has 3 heteroatoms. The Labute approximate surface area is 123 Å². The van der Waals surface area contributed by atoms with Crippen LogP contribution < -0.4 is 5.32 Å². The molecule has 1 aliphatic carbocycles. The minimum Gasteiger partial charge on any atom is -0.306 e. The van der Waals surface area contributed by atoms with E-state index in [4.69, 9.17) is 4.98 Å². The van der Waals surface area contributed by atoms with E-state index < -0.39 is 0 Å². The van der Waals surface area contributed by atoms with Crippen molar-refractivity contribution in [1.82, 2.24) is 15.2 Å². The minimum absolute atomic E-state index is 0.134. The van der Waals surface area contributed by atoms with E-state index in [1.54, 1.807) is 0 Å². The monoisotopic (exact) mass is 275 g/mol. The highest BCUT2D eigenvalue weighted by molar-refractivity contribution is 5.11. The van der Waals surface area contributed by atoms with Crippen molar-refractivity contribution in [2.45, 2.75) is 65.2 Å². The van der Waals surface area contributed by atoms with E-state index in [1.165, 1.54) is 18.5 Å². The molecule has 1 aromatic heterocycles. The summed E-state index contributed by atoms with van der Waals surface area (Å²) >= 11 is 0. The van der Waals surface area contributed by atoms with Gasteiger partial charge in [0.15, 0.2) is 0 Å². The molecule has 0 amide bonds. The molecule has 0 spiro atoms. The molecule has 20 heavy (non-hydrogen) atoms. The van der Waals surface area contributed by atoms with Gasteiger partial charge in [0.2, 0.25) is 0 Å². The smallest absolute Gasteiger partial charge is 0.0547 e. The Balaban J connectivity index is 1.91. The van der Waals surface area contributed by atoms with Gasteiger partial charge in [-0.2, -0.15) is 0 Å². The summed E-state index contributed by atoms with van der Waals surface area (Å²) in [5.41, 5.74) is 2.44. The summed E-state index contributed by atoms with van der Waals surface area (Å²) in [7, 11) is 2.21. The van der Waals surface area contributed by atoms with Crippen LogP contribution in [0.15, 0.2) is 18.2 Å². The summed E-state index contributed by atoms with van der Waals surface area (Å²) in [6.07, 6.45) is 2.79. The van der Waals surface area contributed by atoms with E-state index in [-0.39, 0.29) is 5.54 Å². The molecule has 1 saturated carbocycles. The number of hydrogen-bond donors (Lipinski definition) is 1. The van der Waals surface area contributed by atoms with Gasteiger partial charge in [-0.1, -0.05) is 6.07 Å². The maximum Gasteiger partial charge on any atom is 0.0547 e. The van der Waals surface area contributed by atoms with Crippen molar-refractivity contribution in [2.24, 2.45) is 5.92 Å². The Bertz CT molecular complexity index is 432. The highest BCUT2D eigenvalue weighted by atomic mass is 15.1. The number of pyridine rings is 1. The van der Waals surface area contributed by atoms with E-state index in [0.29, 0.717) is 6.04 Å². The number of nitrogens with zero attached hydrogens (tertiary/aromatic N) is 2. The fraction of sp³-hybridized carbons (Fsp3) is 0.706. The molecule has 0 aromatic carbocycles. The Kier molecular flexibility index (Phi) is 4.82. The quantitative estimate of drug-likeness (QED) is 0.864. The Hall–Kier alpha value is -0.930. The van der Waals surface area contributed by atoms with Gasteiger partial charge in [-0.25, -0.2) is 0 Å². The highest BCUT2D eigenvalue weighted by Crippen LogP contribution is 2.34. The van der Waals surface area contributed by atoms with Gasteiger partial charge in [0, 0.05) is 24.7 Å². The maximum atomic E-state index is 4.77. The molecule has 0 aliphatic heterocycles. The van der Waals surface area contributed by atoms with Crippen LogP contribution in [0.3, 0.4) is 0 Å². The zero-order valence-corrected chi connectivity index (χ0v) is 13.6. The van der Waals surface area contributed by atoms with Crippen molar-refractivity contribution in [2.75, 3.05) is 7.05 Å². The van der Waals surface area contributed by atoms with Crippen LogP contribution in [0.1, 0.15) is 51.9 Å². The summed E-state index contributed by atoms with van der Waals surface area (Å²) < 4.78 is 0. The third kappa shape index (κ3) is 4.88. The van der Waals surface area contributed by atoms with Gasteiger partial charge in [-0.05, 0) is 65.6 Å². The fourth-order valence-electron chi connectivity index (χ4n) is 2.41. The maximum absolute atomic E-state index is 4.77. The molecule has 1 N–H and O–H groups in total. The van der Waals surface area contributed by atoms with Crippen LogP contribution in [0.25, 0.3) is 0 Å². The molecule has 0 bridgehead atoms. The number of rotatable bonds is 6. The first-order chi connectivity index (χ1) is 9.35. The summed E-state index contributed by atoms with van der Waals surface area (Å²) in [4.78, 5) is 7.21. The molecule has 1 heterocycles. The topological polar surface area (TPSA) is 28.2 Å². The first-order valence-corrected chi connectivity index (χ1v) is 7.75.